The fraction of sp³-hybridized carbons (Fsp3) is 0.577. The normalized spacial score (nSPS) is 16.6. The summed E-state index contributed by atoms with van der Waals surface area (Å²) in [6, 6.07) is 6.37. The van der Waals surface area contributed by atoms with Crippen molar-refractivity contribution in [2.24, 2.45) is 5.92 Å². The van der Waals surface area contributed by atoms with E-state index in [0.29, 0.717) is 43.3 Å². The summed E-state index contributed by atoms with van der Waals surface area (Å²) in [7, 11) is 0. The lowest BCUT2D eigenvalue weighted by Gasteiger charge is -2.37. The lowest BCUT2D eigenvalue weighted by atomic mass is 9.96. The highest BCUT2D eigenvalue weighted by Crippen LogP contribution is 2.25. The maximum atomic E-state index is 14.0. The van der Waals surface area contributed by atoms with Crippen molar-refractivity contribution in [1.82, 2.24) is 14.8 Å². The smallest absolute Gasteiger partial charge is 0.410 e. The van der Waals surface area contributed by atoms with Gasteiger partial charge in [0.2, 0.25) is 5.91 Å². The Morgan fingerprint density at radius 2 is 2.03 bits per heavy atom. The third-order valence-electron chi connectivity index (χ3n) is 5.82. The molecule has 34 heavy (non-hydrogen) atoms. The number of piperidine rings is 1. The van der Waals surface area contributed by atoms with Crippen molar-refractivity contribution in [1.29, 1.82) is 0 Å². The van der Waals surface area contributed by atoms with E-state index >= 15 is 0 Å². The number of benzene rings is 1. The first-order valence-electron chi connectivity index (χ1n) is 12.0. The first-order valence-corrected chi connectivity index (χ1v) is 12.0. The van der Waals surface area contributed by atoms with Crippen LogP contribution in [0.4, 0.5) is 9.18 Å². The molecular formula is C26H36FN3O4. The van der Waals surface area contributed by atoms with Crippen LogP contribution in [0.1, 0.15) is 59.8 Å². The Morgan fingerprint density at radius 3 is 2.71 bits per heavy atom. The van der Waals surface area contributed by atoms with Gasteiger partial charge in [-0.25, -0.2) is 14.2 Å². The van der Waals surface area contributed by atoms with Crippen molar-refractivity contribution in [2.45, 2.75) is 71.9 Å². The molecule has 1 fully saturated rings. The van der Waals surface area contributed by atoms with E-state index in [4.69, 9.17) is 9.15 Å². The van der Waals surface area contributed by atoms with Crippen LogP contribution in [0, 0.1) is 11.7 Å². The van der Waals surface area contributed by atoms with Crippen molar-refractivity contribution in [3.8, 4) is 11.3 Å². The molecule has 0 saturated carbocycles. The summed E-state index contributed by atoms with van der Waals surface area (Å²) in [6.45, 7) is 11.4. The number of hydrogen-bond donors (Lipinski definition) is 0. The van der Waals surface area contributed by atoms with Crippen LogP contribution in [-0.2, 0) is 16.0 Å². The SMILES string of the molecule is CC(C)N(CC1CCCN(C(=O)CCc2ncc(-c3ccccc3F)o2)C1)C(=O)OC(C)(C)C. The van der Waals surface area contributed by atoms with Crippen LogP contribution in [0.2, 0.25) is 0 Å². The molecule has 1 aliphatic heterocycles. The summed E-state index contributed by atoms with van der Waals surface area (Å²) in [5.74, 6) is 0.624. The second-order valence-corrected chi connectivity index (χ2v) is 10.2. The van der Waals surface area contributed by atoms with Crippen LogP contribution in [0.3, 0.4) is 0 Å². The number of carbonyl (C=O) groups excluding carboxylic acids is 2. The highest BCUT2D eigenvalue weighted by Gasteiger charge is 2.30. The van der Waals surface area contributed by atoms with E-state index in [9.17, 15) is 14.0 Å². The zero-order valence-corrected chi connectivity index (χ0v) is 20.8. The number of amides is 2. The maximum absolute atomic E-state index is 14.0. The molecule has 0 bridgehead atoms. The van der Waals surface area contributed by atoms with Gasteiger partial charge in [-0.2, -0.15) is 0 Å². The van der Waals surface area contributed by atoms with Crippen LogP contribution in [0.15, 0.2) is 34.9 Å². The van der Waals surface area contributed by atoms with Gasteiger partial charge in [-0.3, -0.25) is 4.79 Å². The van der Waals surface area contributed by atoms with Crippen LogP contribution < -0.4 is 0 Å². The summed E-state index contributed by atoms with van der Waals surface area (Å²) in [5.41, 5.74) is -0.198. The van der Waals surface area contributed by atoms with Gasteiger partial charge in [0, 0.05) is 38.5 Å². The quantitative estimate of drug-likeness (QED) is 0.546. The number of carbonyl (C=O) groups is 2. The topological polar surface area (TPSA) is 75.9 Å². The molecule has 8 heteroatoms. The van der Waals surface area contributed by atoms with Gasteiger partial charge in [-0.1, -0.05) is 12.1 Å². The van der Waals surface area contributed by atoms with Gasteiger partial charge in [-0.05, 0) is 65.5 Å². The molecule has 2 aromatic rings. The number of hydrogen-bond acceptors (Lipinski definition) is 5. The summed E-state index contributed by atoms with van der Waals surface area (Å²) in [4.78, 5) is 33.4. The molecule has 186 valence electrons. The first-order chi connectivity index (χ1) is 16.0. The number of aromatic nitrogens is 1. The molecule has 0 N–H and O–H groups in total. The Kier molecular flexibility index (Phi) is 8.33. The summed E-state index contributed by atoms with van der Waals surface area (Å²) in [6.07, 6.45) is 3.65. The zero-order chi connectivity index (χ0) is 24.9. The Balaban J connectivity index is 1.54. The molecule has 1 aromatic heterocycles. The van der Waals surface area contributed by atoms with Crippen LogP contribution in [0.5, 0.6) is 0 Å². The van der Waals surface area contributed by atoms with Gasteiger partial charge in [-0.15, -0.1) is 0 Å². The van der Waals surface area contributed by atoms with Crippen LogP contribution in [-0.4, -0.2) is 58.1 Å². The number of aryl methyl sites for hydroxylation is 1. The van der Waals surface area contributed by atoms with Gasteiger partial charge >= 0.3 is 6.09 Å². The molecule has 1 atom stereocenters. The van der Waals surface area contributed by atoms with Gasteiger partial charge in [0.15, 0.2) is 11.7 Å². The molecule has 1 unspecified atom stereocenters. The monoisotopic (exact) mass is 473 g/mol. The minimum atomic E-state index is -0.551. The van der Waals surface area contributed by atoms with E-state index in [-0.39, 0.29) is 36.2 Å². The van der Waals surface area contributed by atoms with Gasteiger partial charge in [0.1, 0.15) is 11.4 Å². The minimum Gasteiger partial charge on any atom is -0.444 e. The predicted octanol–water partition coefficient (Wildman–Crippen LogP) is 5.30. The van der Waals surface area contributed by atoms with E-state index in [1.54, 1.807) is 23.1 Å². The Morgan fingerprint density at radius 1 is 1.29 bits per heavy atom. The second-order valence-electron chi connectivity index (χ2n) is 10.2. The Bertz CT molecular complexity index is 982. The average molecular weight is 474 g/mol. The number of likely N-dealkylation sites (tertiary alicyclic amines) is 1. The predicted molar refractivity (Wildman–Crippen MR) is 128 cm³/mol. The van der Waals surface area contributed by atoms with E-state index in [2.05, 4.69) is 4.98 Å². The molecule has 1 aliphatic rings. The highest BCUT2D eigenvalue weighted by molar-refractivity contribution is 5.76. The molecule has 7 nitrogen and oxygen atoms in total. The van der Waals surface area contributed by atoms with Crippen LogP contribution >= 0.6 is 0 Å². The fourth-order valence-corrected chi connectivity index (χ4v) is 4.12. The largest absolute Gasteiger partial charge is 0.444 e. The molecular weight excluding hydrogens is 437 g/mol. The molecule has 2 amide bonds. The number of halogens is 1. The molecule has 0 radical (unpaired) electrons. The lowest BCUT2D eigenvalue weighted by molar-refractivity contribution is -0.133. The Labute approximate surface area is 201 Å². The molecule has 3 rings (SSSR count). The first kappa shape index (κ1) is 25.7. The number of oxazole rings is 1. The van der Waals surface area contributed by atoms with Gasteiger partial charge in [0.05, 0.1) is 11.8 Å². The third kappa shape index (κ3) is 7.05. The van der Waals surface area contributed by atoms with Crippen molar-refractivity contribution in [2.75, 3.05) is 19.6 Å². The van der Waals surface area contributed by atoms with Crippen molar-refractivity contribution in [3.63, 3.8) is 0 Å². The summed E-state index contributed by atoms with van der Waals surface area (Å²) in [5, 5.41) is 0. The van der Waals surface area contributed by atoms with Gasteiger partial charge in [0.25, 0.3) is 0 Å². The van der Waals surface area contributed by atoms with Crippen molar-refractivity contribution in [3.05, 3.63) is 42.2 Å². The standard InChI is InChI=1S/C26H36FN3O4/c1-18(2)30(25(32)34-26(3,4)5)17-19-9-8-14-29(16-19)24(31)13-12-23-28-15-22(33-23)20-10-6-7-11-21(20)27/h6-7,10-11,15,18-19H,8-9,12-14,16-17H2,1-5H3. The van der Waals surface area contributed by atoms with Gasteiger partial charge < -0.3 is 19.0 Å². The number of rotatable bonds is 7. The molecule has 0 aliphatic carbocycles. The fourth-order valence-electron chi connectivity index (χ4n) is 4.12. The number of ether oxygens (including phenoxy) is 1. The molecule has 1 aromatic carbocycles. The molecule has 2 heterocycles. The Hall–Kier alpha value is -2.90. The molecule has 1 saturated heterocycles. The van der Waals surface area contributed by atoms with Crippen molar-refractivity contribution >= 4 is 12.0 Å². The van der Waals surface area contributed by atoms with E-state index in [0.717, 1.165) is 12.8 Å². The van der Waals surface area contributed by atoms with E-state index in [1.807, 2.05) is 39.5 Å². The van der Waals surface area contributed by atoms with E-state index < -0.39 is 5.60 Å². The minimum absolute atomic E-state index is 0.00889. The van der Waals surface area contributed by atoms with Crippen LogP contribution in [0.25, 0.3) is 11.3 Å². The zero-order valence-electron chi connectivity index (χ0n) is 20.8. The third-order valence-corrected chi connectivity index (χ3v) is 5.82. The number of nitrogens with zero attached hydrogens (tertiary/aromatic N) is 3. The highest BCUT2D eigenvalue weighted by atomic mass is 19.1. The second kappa shape index (κ2) is 11.0. The maximum Gasteiger partial charge on any atom is 0.410 e. The van der Waals surface area contributed by atoms with Crippen molar-refractivity contribution < 1.29 is 23.1 Å². The molecule has 0 spiro atoms. The lowest BCUT2D eigenvalue weighted by Crippen LogP contribution is -2.48. The summed E-state index contributed by atoms with van der Waals surface area (Å²) >= 11 is 0. The average Bonchev–Trinajstić information content (AvgIpc) is 3.23. The van der Waals surface area contributed by atoms with E-state index in [1.165, 1.54) is 12.3 Å². The summed E-state index contributed by atoms with van der Waals surface area (Å²) < 4.78 is 25.2.